The van der Waals surface area contributed by atoms with Gasteiger partial charge >= 0.3 is 0 Å². The minimum atomic E-state index is -0.0242. The van der Waals surface area contributed by atoms with Crippen molar-refractivity contribution in [3.05, 3.63) is 16.1 Å². The predicted molar refractivity (Wildman–Crippen MR) is 61.9 cm³/mol. The number of hydrogen-bond acceptors (Lipinski definition) is 3. The molecule has 1 aliphatic carbocycles. The van der Waals surface area contributed by atoms with Crippen molar-refractivity contribution in [3.8, 4) is 6.07 Å². The summed E-state index contributed by atoms with van der Waals surface area (Å²) >= 11 is 1.65. The van der Waals surface area contributed by atoms with Crippen LogP contribution in [0, 0.1) is 17.2 Å². The molecule has 0 saturated heterocycles. The first-order valence-corrected chi connectivity index (χ1v) is 6.45. The lowest BCUT2D eigenvalue weighted by Crippen LogP contribution is -2.10. The van der Waals surface area contributed by atoms with E-state index in [2.05, 4.69) is 30.3 Å². The topological polar surface area (TPSA) is 36.7 Å². The van der Waals surface area contributed by atoms with Gasteiger partial charge in [-0.2, -0.15) is 5.26 Å². The van der Waals surface area contributed by atoms with Crippen LogP contribution in [0.15, 0.2) is 5.38 Å². The SMILES string of the molecule is CC(C)C(C#N)c1nc(C2CCC2)cs1. The van der Waals surface area contributed by atoms with Gasteiger partial charge in [-0.3, -0.25) is 0 Å². The summed E-state index contributed by atoms with van der Waals surface area (Å²) in [5.74, 6) is 1.01. The number of aromatic nitrogens is 1. The van der Waals surface area contributed by atoms with Gasteiger partial charge in [-0.25, -0.2) is 4.98 Å². The lowest BCUT2D eigenvalue weighted by atomic mass is 9.83. The van der Waals surface area contributed by atoms with E-state index in [1.54, 1.807) is 11.3 Å². The van der Waals surface area contributed by atoms with Gasteiger partial charge in [0.25, 0.3) is 0 Å². The van der Waals surface area contributed by atoms with Gasteiger partial charge in [-0.1, -0.05) is 20.3 Å². The average molecular weight is 220 g/mol. The van der Waals surface area contributed by atoms with Crippen LogP contribution in [0.25, 0.3) is 0 Å². The third-order valence-corrected chi connectivity index (χ3v) is 4.08. The van der Waals surface area contributed by atoms with Crippen LogP contribution in [0.1, 0.15) is 55.6 Å². The average Bonchev–Trinajstić information content (AvgIpc) is 2.51. The fourth-order valence-electron chi connectivity index (χ4n) is 1.82. The minimum Gasteiger partial charge on any atom is -0.245 e. The zero-order valence-corrected chi connectivity index (χ0v) is 10.0. The number of nitrogens with zero attached hydrogens (tertiary/aromatic N) is 2. The van der Waals surface area contributed by atoms with Gasteiger partial charge in [0, 0.05) is 11.3 Å². The Kier molecular flexibility index (Phi) is 3.06. The molecule has 1 fully saturated rings. The predicted octanol–water partition coefficient (Wildman–Crippen LogP) is 3.67. The minimum absolute atomic E-state index is 0.0242. The Labute approximate surface area is 95.0 Å². The van der Waals surface area contributed by atoms with Gasteiger partial charge in [0.15, 0.2) is 0 Å². The van der Waals surface area contributed by atoms with E-state index in [4.69, 9.17) is 5.26 Å². The summed E-state index contributed by atoms with van der Waals surface area (Å²) in [7, 11) is 0. The Hall–Kier alpha value is -0.880. The van der Waals surface area contributed by atoms with Crippen molar-refractivity contribution in [2.75, 3.05) is 0 Å². The molecule has 0 bridgehead atoms. The quantitative estimate of drug-likeness (QED) is 0.779. The molecule has 0 aliphatic heterocycles. The van der Waals surface area contributed by atoms with E-state index in [9.17, 15) is 0 Å². The summed E-state index contributed by atoms with van der Waals surface area (Å²) in [4.78, 5) is 4.62. The van der Waals surface area contributed by atoms with Gasteiger partial charge in [0.2, 0.25) is 0 Å². The Morgan fingerprint density at radius 2 is 2.27 bits per heavy atom. The molecule has 1 heterocycles. The molecule has 1 aromatic rings. The third-order valence-electron chi connectivity index (χ3n) is 3.13. The fourth-order valence-corrected chi connectivity index (χ4v) is 2.94. The van der Waals surface area contributed by atoms with E-state index in [1.165, 1.54) is 25.0 Å². The van der Waals surface area contributed by atoms with Gasteiger partial charge in [-0.15, -0.1) is 11.3 Å². The van der Waals surface area contributed by atoms with E-state index in [-0.39, 0.29) is 5.92 Å². The van der Waals surface area contributed by atoms with Crippen molar-refractivity contribution in [2.24, 2.45) is 5.92 Å². The first kappa shape index (κ1) is 10.6. The van der Waals surface area contributed by atoms with Crippen molar-refractivity contribution >= 4 is 11.3 Å². The first-order valence-electron chi connectivity index (χ1n) is 5.57. The normalized spacial score (nSPS) is 18.5. The second-order valence-electron chi connectivity index (χ2n) is 4.59. The molecule has 0 amide bonds. The van der Waals surface area contributed by atoms with Crippen LogP contribution in [-0.4, -0.2) is 4.98 Å². The number of nitriles is 1. The summed E-state index contributed by atoms with van der Waals surface area (Å²) in [5, 5.41) is 12.2. The van der Waals surface area contributed by atoms with Crippen molar-refractivity contribution in [1.82, 2.24) is 4.98 Å². The number of thiazole rings is 1. The van der Waals surface area contributed by atoms with E-state index < -0.39 is 0 Å². The van der Waals surface area contributed by atoms with Crippen LogP contribution in [0.3, 0.4) is 0 Å². The maximum atomic E-state index is 9.09. The maximum Gasteiger partial charge on any atom is 0.110 e. The summed E-state index contributed by atoms with van der Waals surface area (Å²) in [6.45, 7) is 4.16. The fraction of sp³-hybridized carbons (Fsp3) is 0.667. The van der Waals surface area contributed by atoms with Crippen molar-refractivity contribution in [3.63, 3.8) is 0 Å². The second kappa shape index (κ2) is 4.32. The Morgan fingerprint density at radius 3 is 2.73 bits per heavy atom. The molecule has 1 atom stereocenters. The van der Waals surface area contributed by atoms with E-state index >= 15 is 0 Å². The Morgan fingerprint density at radius 1 is 1.53 bits per heavy atom. The van der Waals surface area contributed by atoms with E-state index in [0.717, 1.165) is 5.01 Å². The molecule has 0 radical (unpaired) electrons. The van der Waals surface area contributed by atoms with Gasteiger partial charge < -0.3 is 0 Å². The van der Waals surface area contributed by atoms with Crippen LogP contribution in [0.2, 0.25) is 0 Å². The molecule has 2 rings (SSSR count). The van der Waals surface area contributed by atoms with Crippen LogP contribution >= 0.6 is 11.3 Å². The summed E-state index contributed by atoms with van der Waals surface area (Å²) in [5.41, 5.74) is 1.22. The molecule has 1 aliphatic rings. The Bertz CT molecular complexity index is 371. The van der Waals surface area contributed by atoms with Crippen LogP contribution in [0.5, 0.6) is 0 Å². The highest BCUT2D eigenvalue weighted by molar-refractivity contribution is 7.09. The molecule has 3 heteroatoms. The lowest BCUT2D eigenvalue weighted by Gasteiger charge is -2.23. The molecule has 80 valence electrons. The number of rotatable bonds is 3. The highest BCUT2D eigenvalue weighted by Gasteiger charge is 2.24. The standard InChI is InChI=1S/C12H16N2S/c1-8(2)10(6-13)12-14-11(7-15-12)9-4-3-5-9/h7-10H,3-5H2,1-2H3. The molecule has 1 saturated carbocycles. The monoisotopic (exact) mass is 220 g/mol. The summed E-state index contributed by atoms with van der Waals surface area (Å²) < 4.78 is 0. The molecule has 0 aromatic carbocycles. The molecule has 1 aromatic heterocycles. The smallest absolute Gasteiger partial charge is 0.110 e. The highest BCUT2D eigenvalue weighted by atomic mass is 32.1. The molecule has 2 nitrogen and oxygen atoms in total. The van der Waals surface area contributed by atoms with E-state index in [0.29, 0.717) is 11.8 Å². The van der Waals surface area contributed by atoms with Crippen molar-refractivity contribution in [1.29, 1.82) is 5.26 Å². The Balaban J connectivity index is 2.15. The van der Waals surface area contributed by atoms with Gasteiger partial charge in [-0.05, 0) is 18.8 Å². The zero-order chi connectivity index (χ0) is 10.8. The van der Waals surface area contributed by atoms with Gasteiger partial charge in [0.1, 0.15) is 10.9 Å². The van der Waals surface area contributed by atoms with Crippen molar-refractivity contribution in [2.45, 2.75) is 44.9 Å². The lowest BCUT2D eigenvalue weighted by molar-refractivity contribution is 0.411. The third kappa shape index (κ3) is 2.05. The largest absolute Gasteiger partial charge is 0.245 e. The zero-order valence-electron chi connectivity index (χ0n) is 9.23. The van der Waals surface area contributed by atoms with Crippen LogP contribution in [0.4, 0.5) is 0 Å². The molecule has 0 N–H and O–H groups in total. The molecular weight excluding hydrogens is 204 g/mol. The second-order valence-corrected chi connectivity index (χ2v) is 5.48. The molecule has 15 heavy (non-hydrogen) atoms. The number of hydrogen-bond donors (Lipinski definition) is 0. The molecule has 0 spiro atoms. The highest BCUT2D eigenvalue weighted by Crippen LogP contribution is 2.38. The molecule has 1 unspecified atom stereocenters. The van der Waals surface area contributed by atoms with E-state index in [1.807, 2.05) is 0 Å². The van der Waals surface area contributed by atoms with Gasteiger partial charge in [0.05, 0.1) is 11.8 Å². The maximum absolute atomic E-state index is 9.09. The van der Waals surface area contributed by atoms with Crippen LogP contribution in [-0.2, 0) is 0 Å². The summed E-state index contributed by atoms with van der Waals surface area (Å²) in [6, 6.07) is 2.35. The van der Waals surface area contributed by atoms with Crippen molar-refractivity contribution < 1.29 is 0 Å². The first-order chi connectivity index (χ1) is 7.22. The summed E-state index contributed by atoms with van der Waals surface area (Å²) in [6.07, 6.45) is 3.90. The van der Waals surface area contributed by atoms with Crippen LogP contribution < -0.4 is 0 Å². The molecular formula is C12H16N2S.